The van der Waals surface area contributed by atoms with Crippen molar-refractivity contribution in [3.05, 3.63) is 76.7 Å². The van der Waals surface area contributed by atoms with Crippen LogP contribution in [0.5, 0.6) is 0 Å². The maximum atomic E-state index is 12.9. The Hall–Kier alpha value is -3.55. The predicted octanol–water partition coefficient (Wildman–Crippen LogP) is 3.68. The van der Waals surface area contributed by atoms with Gasteiger partial charge in [0.15, 0.2) is 5.69 Å². The maximum absolute atomic E-state index is 12.9. The molecule has 3 heterocycles. The molecule has 8 heteroatoms. The van der Waals surface area contributed by atoms with Gasteiger partial charge in [0.2, 0.25) is 0 Å². The molecule has 33 heavy (non-hydrogen) atoms. The summed E-state index contributed by atoms with van der Waals surface area (Å²) in [6.45, 7) is 5.51. The van der Waals surface area contributed by atoms with Crippen molar-refractivity contribution in [1.82, 2.24) is 25.3 Å². The summed E-state index contributed by atoms with van der Waals surface area (Å²) in [5.74, 6) is 1.09. The molecule has 2 aromatic heterocycles. The van der Waals surface area contributed by atoms with E-state index in [1.807, 2.05) is 37.3 Å². The Bertz CT molecular complexity index is 1110. The first-order valence-electron chi connectivity index (χ1n) is 11.5. The van der Waals surface area contributed by atoms with E-state index in [9.17, 15) is 9.59 Å². The molecular formula is C25H29N5O3. The van der Waals surface area contributed by atoms with Gasteiger partial charge in [0.1, 0.15) is 11.6 Å². The molecule has 2 amide bonds. The van der Waals surface area contributed by atoms with E-state index in [0.29, 0.717) is 42.4 Å². The van der Waals surface area contributed by atoms with Gasteiger partial charge in [-0.2, -0.15) is 0 Å². The molecule has 1 atom stereocenters. The molecule has 8 nitrogen and oxygen atoms in total. The number of carbonyl (C=O) groups is 2. The number of nitrogens with zero attached hydrogens (tertiary/aromatic N) is 4. The molecule has 1 N–H and O–H groups in total. The minimum atomic E-state index is -0.197. The first kappa shape index (κ1) is 22.6. The van der Waals surface area contributed by atoms with Crippen LogP contribution in [0.1, 0.15) is 75.8 Å². The Balaban J connectivity index is 1.40. The standard InChI is InChI=1S/C25H29N5O3/c1-3-8-20-13-22(29-33-20)25(32)30-12-7-11-19(16-30)23-26-15-21(17(2)28-23)24(31)27-14-18-9-5-4-6-10-18/h4-6,9-10,13,15,19H,3,7-8,11-12,14,16H2,1-2H3,(H,27,31). The van der Waals surface area contributed by atoms with E-state index in [4.69, 9.17) is 4.52 Å². The van der Waals surface area contributed by atoms with Crippen LogP contribution in [-0.4, -0.2) is 44.9 Å². The van der Waals surface area contributed by atoms with Crippen LogP contribution in [0.3, 0.4) is 0 Å². The molecule has 172 valence electrons. The quantitative estimate of drug-likeness (QED) is 0.593. The summed E-state index contributed by atoms with van der Waals surface area (Å²) in [5, 5.41) is 6.87. The Morgan fingerprint density at radius 2 is 2.06 bits per heavy atom. The van der Waals surface area contributed by atoms with Gasteiger partial charge in [0.05, 0.1) is 11.3 Å². The van der Waals surface area contributed by atoms with E-state index in [0.717, 1.165) is 37.0 Å². The van der Waals surface area contributed by atoms with Crippen LogP contribution in [0.4, 0.5) is 0 Å². The number of benzene rings is 1. The highest BCUT2D eigenvalue weighted by atomic mass is 16.5. The van der Waals surface area contributed by atoms with Crippen molar-refractivity contribution in [1.29, 1.82) is 0 Å². The highest BCUT2D eigenvalue weighted by Gasteiger charge is 2.29. The van der Waals surface area contributed by atoms with Crippen molar-refractivity contribution in [2.45, 2.75) is 52.0 Å². The first-order valence-corrected chi connectivity index (χ1v) is 11.5. The summed E-state index contributed by atoms with van der Waals surface area (Å²) < 4.78 is 5.27. The van der Waals surface area contributed by atoms with Gasteiger partial charge in [0.25, 0.3) is 11.8 Å². The third-order valence-corrected chi connectivity index (χ3v) is 5.89. The van der Waals surface area contributed by atoms with Crippen molar-refractivity contribution in [2.24, 2.45) is 0 Å². The number of aromatic nitrogens is 3. The van der Waals surface area contributed by atoms with Gasteiger partial charge in [-0.1, -0.05) is 42.4 Å². The Labute approximate surface area is 193 Å². The zero-order valence-corrected chi connectivity index (χ0v) is 19.1. The second kappa shape index (κ2) is 10.4. The van der Waals surface area contributed by atoms with Gasteiger partial charge in [-0.15, -0.1) is 0 Å². The second-order valence-electron chi connectivity index (χ2n) is 8.41. The van der Waals surface area contributed by atoms with Crippen molar-refractivity contribution in [3.63, 3.8) is 0 Å². The third kappa shape index (κ3) is 5.45. The highest BCUT2D eigenvalue weighted by molar-refractivity contribution is 5.94. The summed E-state index contributed by atoms with van der Waals surface area (Å²) in [6, 6.07) is 11.5. The van der Waals surface area contributed by atoms with Crippen LogP contribution in [0.2, 0.25) is 0 Å². The zero-order chi connectivity index (χ0) is 23.2. The Kier molecular flexibility index (Phi) is 7.12. The van der Waals surface area contributed by atoms with Crippen LogP contribution in [-0.2, 0) is 13.0 Å². The van der Waals surface area contributed by atoms with E-state index in [2.05, 4.69) is 27.4 Å². The topological polar surface area (TPSA) is 101 Å². The fraction of sp³-hybridized carbons (Fsp3) is 0.400. The molecule has 0 aliphatic carbocycles. The molecule has 3 aromatic rings. The first-order chi connectivity index (χ1) is 16.0. The SMILES string of the molecule is CCCc1cc(C(=O)N2CCCC(c3ncc(C(=O)NCc4ccccc4)c(C)n3)C2)no1. The lowest BCUT2D eigenvalue weighted by atomic mass is 9.96. The molecule has 1 aliphatic heterocycles. The number of carbonyl (C=O) groups excluding carboxylic acids is 2. The third-order valence-electron chi connectivity index (χ3n) is 5.89. The number of rotatable bonds is 7. The van der Waals surface area contributed by atoms with Crippen LogP contribution in [0.15, 0.2) is 47.1 Å². The molecular weight excluding hydrogens is 418 g/mol. The number of nitrogens with one attached hydrogen (secondary N) is 1. The summed E-state index contributed by atoms with van der Waals surface area (Å²) >= 11 is 0. The Morgan fingerprint density at radius 1 is 1.24 bits per heavy atom. The van der Waals surface area contributed by atoms with Crippen LogP contribution in [0, 0.1) is 6.92 Å². The van der Waals surface area contributed by atoms with E-state index in [-0.39, 0.29) is 17.7 Å². The number of amides is 2. The molecule has 0 spiro atoms. The number of hydrogen-bond donors (Lipinski definition) is 1. The summed E-state index contributed by atoms with van der Waals surface area (Å²) in [7, 11) is 0. The minimum absolute atomic E-state index is 0.0184. The fourth-order valence-electron chi connectivity index (χ4n) is 4.09. The van der Waals surface area contributed by atoms with Crippen LogP contribution in [0.25, 0.3) is 0 Å². The average Bonchev–Trinajstić information content (AvgIpc) is 3.31. The summed E-state index contributed by atoms with van der Waals surface area (Å²) in [5.41, 5.74) is 2.47. The molecule has 1 aromatic carbocycles. The number of hydrogen-bond acceptors (Lipinski definition) is 6. The minimum Gasteiger partial charge on any atom is -0.361 e. The molecule has 0 bridgehead atoms. The lowest BCUT2D eigenvalue weighted by molar-refractivity contribution is 0.0694. The number of likely N-dealkylation sites (tertiary alicyclic amines) is 1. The fourth-order valence-corrected chi connectivity index (χ4v) is 4.09. The van der Waals surface area contributed by atoms with Crippen LogP contribution < -0.4 is 5.32 Å². The van der Waals surface area contributed by atoms with E-state index >= 15 is 0 Å². The molecule has 1 saturated heterocycles. The van der Waals surface area contributed by atoms with Gasteiger partial charge in [-0.3, -0.25) is 9.59 Å². The number of aryl methyl sites for hydroxylation is 2. The van der Waals surface area contributed by atoms with E-state index in [1.165, 1.54) is 0 Å². The van der Waals surface area contributed by atoms with Gasteiger partial charge in [-0.05, 0) is 31.7 Å². The molecule has 1 fully saturated rings. The molecule has 1 unspecified atom stereocenters. The predicted molar refractivity (Wildman–Crippen MR) is 123 cm³/mol. The molecule has 0 saturated carbocycles. The molecule has 1 aliphatic rings. The lowest BCUT2D eigenvalue weighted by Crippen LogP contribution is -2.39. The van der Waals surface area contributed by atoms with Gasteiger partial charge in [-0.25, -0.2) is 9.97 Å². The maximum Gasteiger partial charge on any atom is 0.276 e. The average molecular weight is 448 g/mol. The zero-order valence-electron chi connectivity index (χ0n) is 19.1. The van der Waals surface area contributed by atoms with Crippen molar-refractivity contribution < 1.29 is 14.1 Å². The Morgan fingerprint density at radius 3 is 2.82 bits per heavy atom. The second-order valence-corrected chi connectivity index (χ2v) is 8.41. The van der Waals surface area contributed by atoms with E-state index in [1.54, 1.807) is 17.2 Å². The van der Waals surface area contributed by atoms with Crippen molar-refractivity contribution in [2.75, 3.05) is 13.1 Å². The number of piperidine rings is 1. The normalized spacial score (nSPS) is 15.9. The smallest absolute Gasteiger partial charge is 0.276 e. The van der Waals surface area contributed by atoms with E-state index < -0.39 is 0 Å². The van der Waals surface area contributed by atoms with Gasteiger partial charge in [0, 0.05) is 44.2 Å². The van der Waals surface area contributed by atoms with Crippen molar-refractivity contribution in [3.8, 4) is 0 Å². The van der Waals surface area contributed by atoms with Gasteiger partial charge >= 0.3 is 0 Å². The van der Waals surface area contributed by atoms with Crippen LogP contribution >= 0.6 is 0 Å². The van der Waals surface area contributed by atoms with Crippen molar-refractivity contribution >= 4 is 11.8 Å². The lowest BCUT2D eigenvalue weighted by Gasteiger charge is -2.31. The highest BCUT2D eigenvalue weighted by Crippen LogP contribution is 2.26. The molecule has 4 rings (SSSR count). The largest absolute Gasteiger partial charge is 0.361 e. The molecule has 0 radical (unpaired) electrons. The summed E-state index contributed by atoms with van der Waals surface area (Å²) in [4.78, 5) is 36.4. The van der Waals surface area contributed by atoms with Gasteiger partial charge < -0.3 is 14.7 Å². The monoisotopic (exact) mass is 447 g/mol. The summed E-state index contributed by atoms with van der Waals surface area (Å²) in [6.07, 6.45) is 5.04.